The van der Waals surface area contributed by atoms with Crippen molar-refractivity contribution in [1.82, 2.24) is 15.5 Å². The van der Waals surface area contributed by atoms with Gasteiger partial charge in [-0.1, -0.05) is 31.2 Å². The number of amides is 5. The van der Waals surface area contributed by atoms with Crippen molar-refractivity contribution >= 4 is 29.4 Å². The van der Waals surface area contributed by atoms with Crippen LogP contribution in [0.5, 0.6) is 0 Å². The molecule has 1 saturated heterocycles. The van der Waals surface area contributed by atoms with Crippen molar-refractivity contribution in [1.29, 1.82) is 0 Å². The Morgan fingerprint density at radius 2 is 1.81 bits per heavy atom. The Hall–Kier alpha value is -3.75. The molecule has 32 heavy (non-hydrogen) atoms. The fraction of sp³-hybridized carbons (Fsp3) is 0.304. The number of anilines is 1. The molecule has 5 amide bonds. The first-order chi connectivity index (χ1) is 15.3. The van der Waals surface area contributed by atoms with Crippen LogP contribution in [0.1, 0.15) is 42.1 Å². The van der Waals surface area contributed by atoms with Gasteiger partial charge in [0.2, 0.25) is 5.91 Å². The SMILES string of the molecule is CCC1(c2ccc(F)cc2)NC(=O)N(CC(=O)Nc2ccccc2C(=O)NC2CC2)C1=O. The molecule has 0 aromatic heterocycles. The van der Waals surface area contributed by atoms with Crippen LogP contribution < -0.4 is 16.0 Å². The highest BCUT2D eigenvalue weighted by Crippen LogP contribution is 2.32. The third-order valence-corrected chi connectivity index (χ3v) is 5.70. The van der Waals surface area contributed by atoms with Crippen molar-refractivity contribution in [2.75, 3.05) is 11.9 Å². The van der Waals surface area contributed by atoms with Crippen LogP contribution in [-0.4, -0.2) is 41.2 Å². The molecule has 1 unspecified atom stereocenters. The Bertz CT molecular complexity index is 1080. The monoisotopic (exact) mass is 438 g/mol. The summed E-state index contributed by atoms with van der Waals surface area (Å²) in [5.74, 6) is -1.96. The Kier molecular flexibility index (Phi) is 5.65. The average molecular weight is 438 g/mol. The summed E-state index contributed by atoms with van der Waals surface area (Å²) in [6.07, 6.45) is 2.09. The molecular weight excluding hydrogens is 415 g/mol. The van der Waals surface area contributed by atoms with Crippen molar-refractivity contribution in [3.63, 3.8) is 0 Å². The first kappa shape index (κ1) is 21.5. The van der Waals surface area contributed by atoms with Gasteiger partial charge in [-0.15, -0.1) is 0 Å². The zero-order valence-corrected chi connectivity index (χ0v) is 17.5. The molecule has 4 rings (SSSR count). The second-order valence-electron chi connectivity index (χ2n) is 7.93. The van der Waals surface area contributed by atoms with E-state index in [9.17, 15) is 23.6 Å². The number of nitrogens with zero attached hydrogens (tertiary/aromatic N) is 1. The molecule has 0 radical (unpaired) electrons. The number of para-hydroxylation sites is 1. The molecule has 0 bridgehead atoms. The zero-order valence-electron chi connectivity index (χ0n) is 17.5. The topological polar surface area (TPSA) is 108 Å². The van der Waals surface area contributed by atoms with E-state index in [1.54, 1.807) is 31.2 Å². The summed E-state index contributed by atoms with van der Waals surface area (Å²) in [6, 6.07) is 11.3. The minimum absolute atomic E-state index is 0.158. The Labute approximate surface area is 184 Å². The smallest absolute Gasteiger partial charge is 0.325 e. The van der Waals surface area contributed by atoms with Crippen molar-refractivity contribution in [3.8, 4) is 0 Å². The summed E-state index contributed by atoms with van der Waals surface area (Å²) in [4.78, 5) is 51.7. The number of imide groups is 1. The lowest BCUT2D eigenvalue weighted by molar-refractivity contribution is -0.134. The van der Waals surface area contributed by atoms with Gasteiger partial charge in [0.25, 0.3) is 11.8 Å². The van der Waals surface area contributed by atoms with Gasteiger partial charge in [0.15, 0.2) is 0 Å². The first-order valence-electron chi connectivity index (χ1n) is 10.4. The minimum atomic E-state index is -1.37. The quantitative estimate of drug-likeness (QED) is 0.578. The Morgan fingerprint density at radius 3 is 2.47 bits per heavy atom. The molecule has 0 spiro atoms. The minimum Gasteiger partial charge on any atom is -0.349 e. The lowest BCUT2D eigenvalue weighted by Crippen LogP contribution is -2.44. The third-order valence-electron chi connectivity index (χ3n) is 5.70. The van der Waals surface area contributed by atoms with E-state index >= 15 is 0 Å². The van der Waals surface area contributed by atoms with Crippen molar-refractivity contribution < 1.29 is 23.6 Å². The molecule has 9 heteroatoms. The van der Waals surface area contributed by atoms with Crippen LogP contribution in [0.3, 0.4) is 0 Å². The highest BCUT2D eigenvalue weighted by Gasteiger charge is 2.51. The molecule has 8 nitrogen and oxygen atoms in total. The van der Waals surface area contributed by atoms with Crippen LogP contribution in [0.2, 0.25) is 0 Å². The highest BCUT2D eigenvalue weighted by atomic mass is 19.1. The molecule has 1 heterocycles. The summed E-state index contributed by atoms with van der Waals surface area (Å²) >= 11 is 0. The van der Waals surface area contributed by atoms with Crippen LogP contribution in [-0.2, 0) is 15.1 Å². The van der Waals surface area contributed by atoms with Gasteiger partial charge in [-0.2, -0.15) is 0 Å². The van der Waals surface area contributed by atoms with Gasteiger partial charge in [0, 0.05) is 6.04 Å². The van der Waals surface area contributed by atoms with E-state index < -0.39 is 35.7 Å². The number of carbonyl (C=O) groups excluding carboxylic acids is 4. The summed E-state index contributed by atoms with van der Waals surface area (Å²) < 4.78 is 13.3. The van der Waals surface area contributed by atoms with E-state index in [1.165, 1.54) is 24.3 Å². The predicted octanol–water partition coefficient (Wildman–Crippen LogP) is 2.51. The van der Waals surface area contributed by atoms with E-state index in [0.29, 0.717) is 16.8 Å². The fourth-order valence-electron chi connectivity index (χ4n) is 3.76. The van der Waals surface area contributed by atoms with E-state index in [0.717, 1.165) is 17.7 Å². The van der Waals surface area contributed by atoms with Gasteiger partial charge in [-0.3, -0.25) is 19.3 Å². The van der Waals surface area contributed by atoms with Crippen LogP contribution >= 0.6 is 0 Å². The normalized spacial score (nSPS) is 20.1. The number of hydrogen-bond donors (Lipinski definition) is 3. The average Bonchev–Trinajstić information content (AvgIpc) is 3.56. The maximum atomic E-state index is 13.3. The largest absolute Gasteiger partial charge is 0.349 e. The summed E-state index contributed by atoms with van der Waals surface area (Å²) in [5.41, 5.74) is -0.334. The predicted molar refractivity (Wildman–Crippen MR) is 114 cm³/mol. The maximum Gasteiger partial charge on any atom is 0.325 e. The molecule has 1 saturated carbocycles. The molecule has 1 aliphatic carbocycles. The molecule has 2 aromatic carbocycles. The molecule has 3 N–H and O–H groups in total. The number of rotatable bonds is 7. The Balaban J connectivity index is 1.49. The lowest BCUT2D eigenvalue weighted by Gasteiger charge is -2.25. The van der Waals surface area contributed by atoms with Gasteiger partial charge in [-0.05, 0) is 49.1 Å². The summed E-state index contributed by atoms with van der Waals surface area (Å²) in [6.45, 7) is 1.20. The van der Waals surface area contributed by atoms with Gasteiger partial charge < -0.3 is 16.0 Å². The van der Waals surface area contributed by atoms with Crippen LogP contribution in [0.25, 0.3) is 0 Å². The molecule has 1 atom stereocenters. The lowest BCUT2D eigenvalue weighted by atomic mass is 9.87. The molecular formula is C23H23FN4O4. The standard InChI is InChI=1S/C23H23FN4O4/c1-2-23(14-7-9-15(24)10-8-14)21(31)28(22(32)27-23)13-19(29)26-18-6-4-3-5-17(18)20(30)25-16-11-12-16/h3-10,16H,2,11-13H2,1H3,(H,25,30)(H,26,29)(H,27,32). The Morgan fingerprint density at radius 1 is 1.12 bits per heavy atom. The number of urea groups is 1. The molecule has 1 aliphatic heterocycles. The van der Waals surface area contributed by atoms with Crippen LogP contribution in [0, 0.1) is 5.82 Å². The second-order valence-corrected chi connectivity index (χ2v) is 7.93. The van der Waals surface area contributed by atoms with Crippen LogP contribution in [0.4, 0.5) is 14.9 Å². The fourth-order valence-corrected chi connectivity index (χ4v) is 3.76. The van der Waals surface area contributed by atoms with E-state index in [4.69, 9.17) is 0 Å². The highest BCUT2D eigenvalue weighted by molar-refractivity contribution is 6.11. The van der Waals surface area contributed by atoms with Crippen molar-refractivity contribution in [3.05, 3.63) is 65.5 Å². The molecule has 2 aromatic rings. The van der Waals surface area contributed by atoms with E-state index in [1.807, 2.05) is 0 Å². The number of hydrogen-bond acceptors (Lipinski definition) is 4. The van der Waals surface area contributed by atoms with Crippen LogP contribution in [0.15, 0.2) is 48.5 Å². The van der Waals surface area contributed by atoms with Crippen molar-refractivity contribution in [2.24, 2.45) is 0 Å². The summed E-state index contributed by atoms with van der Waals surface area (Å²) in [7, 11) is 0. The number of benzene rings is 2. The summed E-state index contributed by atoms with van der Waals surface area (Å²) in [5, 5.41) is 8.14. The second kappa shape index (κ2) is 8.41. The van der Waals surface area contributed by atoms with Crippen molar-refractivity contribution in [2.45, 2.75) is 37.8 Å². The number of nitrogens with one attached hydrogen (secondary N) is 3. The zero-order chi connectivity index (χ0) is 22.9. The molecule has 2 aliphatic rings. The van der Waals surface area contributed by atoms with E-state index in [-0.39, 0.29) is 18.4 Å². The van der Waals surface area contributed by atoms with E-state index in [2.05, 4.69) is 16.0 Å². The van der Waals surface area contributed by atoms with Gasteiger partial charge in [0.05, 0.1) is 11.3 Å². The van der Waals surface area contributed by atoms with Gasteiger partial charge in [0.1, 0.15) is 17.9 Å². The molecule has 166 valence electrons. The van der Waals surface area contributed by atoms with Gasteiger partial charge >= 0.3 is 6.03 Å². The third kappa shape index (κ3) is 4.05. The maximum absolute atomic E-state index is 13.3. The first-order valence-corrected chi connectivity index (χ1v) is 10.4. The van der Waals surface area contributed by atoms with Gasteiger partial charge in [-0.25, -0.2) is 9.18 Å². The molecule has 2 fully saturated rings. The number of carbonyl (C=O) groups is 4. The number of halogens is 1.